The number of hydrogen-bond acceptors (Lipinski definition) is 7. The first-order valence-electron chi connectivity index (χ1n) is 9.03. The molecule has 3 aromatic heterocycles. The molecule has 0 bridgehead atoms. The number of ether oxygens (including phenoxy) is 1. The highest BCUT2D eigenvalue weighted by Crippen LogP contribution is 2.35. The number of nitrogens with two attached hydrogens (primary N) is 1. The molecule has 3 heterocycles. The van der Waals surface area contributed by atoms with Crippen LogP contribution in [-0.4, -0.2) is 37.7 Å². The number of aryl methyl sites for hydroxylation is 1. The summed E-state index contributed by atoms with van der Waals surface area (Å²) in [6.07, 6.45) is 3.33. The molecule has 0 fully saturated rings. The van der Waals surface area contributed by atoms with Gasteiger partial charge in [0, 0.05) is 30.4 Å². The third-order valence-electron chi connectivity index (χ3n) is 4.45. The molecule has 0 radical (unpaired) electrons. The minimum Gasteiger partial charge on any atom is -0.493 e. The SMILES string of the molecule is C=C(N)C(=O)Nc1nc2c(-c3cn(C)nc3-c3ccccc3)ncnc2cc1OC. The Kier molecular flexibility index (Phi) is 4.85. The van der Waals surface area contributed by atoms with E-state index in [0.717, 1.165) is 16.8 Å². The molecular weight excluding hydrogens is 382 g/mol. The van der Waals surface area contributed by atoms with Crippen molar-refractivity contribution in [1.29, 1.82) is 0 Å². The smallest absolute Gasteiger partial charge is 0.272 e. The van der Waals surface area contributed by atoms with Crippen LogP contribution >= 0.6 is 0 Å². The lowest BCUT2D eigenvalue weighted by Gasteiger charge is -2.12. The molecule has 4 rings (SSSR count). The van der Waals surface area contributed by atoms with Crippen LogP contribution in [0.4, 0.5) is 5.82 Å². The number of pyridine rings is 1. The van der Waals surface area contributed by atoms with Gasteiger partial charge in [-0.1, -0.05) is 36.9 Å². The zero-order chi connectivity index (χ0) is 21.3. The molecule has 30 heavy (non-hydrogen) atoms. The third kappa shape index (κ3) is 3.44. The Hall–Kier alpha value is -4.27. The van der Waals surface area contributed by atoms with Crippen LogP contribution in [0.1, 0.15) is 0 Å². The monoisotopic (exact) mass is 401 g/mol. The Balaban J connectivity index is 1.93. The van der Waals surface area contributed by atoms with Crippen molar-refractivity contribution in [3.05, 3.63) is 61.2 Å². The fourth-order valence-corrected chi connectivity index (χ4v) is 3.07. The standard InChI is InChI=1S/C21H19N7O2/c1-12(22)21(29)26-20-16(30-3)9-15-19(25-20)18(24-11-23-15)14-10-28(2)27-17(14)13-7-5-4-6-8-13/h4-11H,1,22H2,2-3H3,(H,25,26,29). The highest BCUT2D eigenvalue weighted by molar-refractivity contribution is 6.04. The maximum Gasteiger partial charge on any atom is 0.272 e. The summed E-state index contributed by atoms with van der Waals surface area (Å²) < 4.78 is 7.07. The summed E-state index contributed by atoms with van der Waals surface area (Å²) in [5, 5.41) is 7.20. The minimum atomic E-state index is -0.565. The summed E-state index contributed by atoms with van der Waals surface area (Å²) >= 11 is 0. The molecule has 1 amide bonds. The highest BCUT2D eigenvalue weighted by Gasteiger charge is 2.20. The number of methoxy groups -OCH3 is 1. The molecule has 0 atom stereocenters. The van der Waals surface area contributed by atoms with E-state index >= 15 is 0 Å². The van der Waals surface area contributed by atoms with Gasteiger partial charge in [0.2, 0.25) is 0 Å². The molecule has 0 unspecified atom stereocenters. The lowest BCUT2D eigenvalue weighted by molar-refractivity contribution is -0.112. The average Bonchev–Trinajstić information content (AvgIpc) is 3.14. The second-order valence-corrected chi connectivity index (χ2v) is 6.54. The zero-order valence-electron chi connectivity index (χ0n) is 16.5. The van der Waals surface area contributed by atoms with Gasteiger partial charge in [-0.2, -0.15) is 5.10 Å². The van der Waals surface area contributed by atoms with Crippen LogP contribution in [-0.2, 0) is 11.8 Å². The molecule has 0 aliphatic heterocycles. The van der Waals surface area contributed by atoms with E-state index in [0.29, 0.717) is 22.5 Å². The van der Waals surface area contributed by atoms with Crippen LogP contribution in [0.25, 0.3) is 33.5 Å². The summed E-state index contributed by atoms with van der Waals surface area (Å²) in [4.78, 5) is 25.4. The van der Waals surface area contributed by atoms with Gasteiger partial charge < -0.3 is 15.8 Å². The Morgan fingerprint density at radius 2 is 1.97 bits per heavy atom. The van der Waals surface area contributed by atoms with Crippen molar-refractivity contribution in [3.8, 4) is 28.3 Å². The summed E-state index contributed by atoms with van der Waals surface area (Å²) in [5.41, 5.74) is 9.47. The Morgan fingerprint density at radius 3 is 2.67 bits per heavy atom. The van der Waals surface area contributed by atoms with Crippen LogP contribution < -0.4 is 15.8 Å². The summed E-state index contributed by atoms with van der Waals surface area (Å²) in [5.74, 6) is -0.0241. The fourth-order valence-electron chi connectivity index (χ4n) is 3.07. The first-order valence-corrected chi connectivity index (χ1v) is 9.03. The predicted octanol–water partition coefficient (Wildman–Crippen LogP) is 2.51. The van der Waals surface area contributed by atoms with Gasteiger partial charge >= 0.3 is 0 Å². The number of aromatic nitrogens is 5. The Bertz CT molecular complexity index is 1270. The van der Waals surface area contributed by atoms with Gasteiger partial charge in [0.05, 0.1) is 18.3 Å². The van der Waals surface area contributed by atoms with Gasteiger partial charge in [-0.3, -0.25) is 9.48 Å². The quantitative estimate of drug-likeness (QED) is 0.493. The molecule has 3 N–H and O–H groups in total. The Labute approximate surface area is 172 Å². The van der Waals surface area contributed by atoms with E-state index in [-0.39, 0.29) is 11.5 Å². The maximum absolute atomic E-state index is 12.0. The van der Waals surface area contributed by atoms with E-state index < -0.39 is 5.91 Å². The predicted molar refractivity (Wildman–Crippen MR) is 113 cm³/mol. The molecule has 9 heteroatoms. The maximum atomic E-state index is 12.0. The zero-order valence-corrected chi connectivity index (χ0v) is 16.5. The van der Waals surface area contributed by atoms with Crippen LogP contribution in [0.5, 0.6) is 5.75 Å². The normalized spacial score (nSPS) is 10.7. The number of carbonyl (C=O) groups is 1. The van der Waals surface area contributed by atoms with E-state index in [1.165, 1.54) is 13.4 Å². The van der Waals surface area contributed by atoms with E-state index in [1.807, 2.05) is 43.6 Å². The number of hydrogen-bond donors (Lipinski definition) is 2. The van der Waals surface area contributed by atoms with E-state index in [4.69, 9.17) is 10.5 Å². The molecule has 9 nitrogen and oxygen atoms in total. The first kappa shape index (κ1) is 19.1. The molecule has 0 spiro atoms. The van der Waals surface area contributed by atoms with Crippen molar-refractivity contribution in [2.45, 2.75) is 0 Å². The van der Waals surface area contributed by atoms with Gasteiger partial charge in [-0.15, -0.1) is 0 Å². The van der Waals surface area contributed by atoms with Crippen molar-refractivity contribution in [2.75, 3.05) is 12.4 Å². The van der Waals surface area contributed by atoms with Crippen molar-refractivity contribution >= 4 is 22.8 Å². The molecular formula is C21H19N7O2. The number of amides is 1. The van der Waals surface area contributed by atoms with Crippen LogP contribution in [0.2, 0.25) is 0 Å². The molecule has 0 saturated carbocycles. The summed E-state index contributed by atoms with van der Waals surface area (Å²) in [7, 11) is 3.32. The minimum absolute atomic E-state index is 0.137. The largest absolute Gasteiger partial charge is 0.493 e. The van der Waals surface area contributed by atoms with Gasteiger partial charge in [-0.05, 0) is 0 Å². The third-order valence-corrected chi connectivity index (χ3v) is 4.45. The number of benzene rings is 1. The van der Waals surface area contributed by atoms with E-state index in [9.17, 15) is 4.79 Å². The van der Waals surface area contributed by atoms with Crippen molar-refractivity contribution < 1.29 is 9.53 Å². The van der Waals surface area contributed by atoms with Gasteiger partial charge in [0.15, 0.2) is 11.6 Å². The molecule has 0 aliphatic carbocycles. The number of carbonyl (C=O) groups excluding carboxylic acids is 1. The average molecular weight is 401 g/mol. The van der Waals surface area contributed by atoms with E-state index in [2.05, 4.69) is 31.9 Å². The second-order valence-electron chi connectivity index (χ2n) is 6.54. The first-order chi connectivity index (χ1) is 14.5. The van der Waals surface area contributed by atoms with Crippen LogP contribution in [0.3, 0.4) is 0 Å². The topological polar surface area (TPSA) is 121 Å². The molecule has 1 aromatic carbocycles. The summed E-state index contributed by atoms with van der Waals surface area (Å²) in [6.45, 7) is 3.44. The number of nitrogens with zero attached hydrogens (tertiary/aromatic N) is 5. The number of nitrogens with one attached hydrogen (secondary N) is 1. The summed E-state index contributed by atoms with van der Waals surface area (Å²) in [6, 6.07) is 11.5. The molecule has 4 aromatic rings. The van der Waals surface area contributed by atoms with Crippen LogP contribution in [0.15, 0.2) is 61.2 Å². The highest BCUT2D eigenvalue weighted by atomic mass is 16.5. The lowest BCUT2D eigenvalue weighted by Crippen LogP contribution is -2.20. The van der Waals surface area contributed by atoms with Gasteiger partial charge in [0.25, 0.3) is 5.91 Å². The number of rotatable bonds is 5. The molecule has 150 valence electrons. The van der Waals surface area contributed by atoms with Crippen LogP contribution in [0, 0.1) is 0 Å². The van der Waals surface area contributed by atoms with Crippen molar-refractivity contribution in [3.63, 3.8) is 0 Å². The number of fused-ring (bicyclic) bond motifs is 1. The molecule has 0 aliphatic rings. The van der Waals surface area contributed by atoms with Crippen molar-refractivity contribution in [2.24, 2.45) is 12.8 Å². The lowest BCUT2D eigenvalue weighted by atomic mass is 10.0. The number of anilines is 1. The molecule has 0 saturated heterocycles. The van der Waals surface area contributed by atoms with Gasteiger partial charge in [0.1, 0.15) is 23.2 Å². The second kappa shape index (κ2) is 7.63. The Morgan fingerprint density at radius 1 is 1.20 bits per heavy atom. The fraction of sp³-hybridized carbons (Fsp3) is 0.0952. The van der Waals surface area contributed by atoms with Gasteiger partial charge in [-0.25, -0.2) is 15.0 Å². The van der Waals surface area contributed by atoms with E-state index in [1.54, 1.807) is 10.7 Å². The van der Waals surface area contributed by atoms with Crippen molar-refractivity contribution in [1.82, 2.24) is 24.7 Å².